The average Bonchev–Trinajstić information content (AvgIpc) is 2.36. The van der Waals surface area contributed by atoms with E-state index in [1.807, 2.05) is 0 Å². The Morgan fingerprint density at radius 1 is 0.955 bits per heavy atom. The highest BCUT2D eigenvalue weighted by Gasteiger charge is 2.33. The number of ether oxygens (including phenoxy) is 1. The highest BCUT2D eigenvalue weighted by Crippen LogP contribution is 2.33. The molecule has 0 spiro atoms. The molecular weight excluding hydrogens is 427 g/mol. The van der Waals surface area contributed by atoms with Crippen LogP contribution in [0.5, 0.6) is 5.75 Å². The van der Waals surface area contributed by atoms with Crippen LogP contribution in [-0.4, -0.2) is 11.3 Å². The minimum Gasteiger partial charge on any atom is -0.406 e. The number of aromatic nitrogens is 1. The van der Waals surface area contributed by atoms with Gasteiger partial charge in [0.1, 0.15) is 11.4 Å². The Kier molecular flexibility index (Phi) is 4.54. The summed E-state index contributed by atoms with van der Waals surface area (Å²) in [6.07, 6.45) is -9.52. The van der Waals surface area contributed by atoms with Crippen LogP contribution in [0.2, 0.25) is 0 Å². The average molecular weight is 433 g/mol. The molecule has 9 heteroatoms. The zero-order chi connectivity index (χ0) is 16.5. The van der Waals surface area contributed by atoms with Crippen LogP contribution in [-0.2, 0) is 6.18 Å². The Balaban J connectivity index is 2.46. The number of nitrogens with zero attached hydrogens (tertiary/aromatic N) is 1. The van der Waals surface area contributed by atoms with Crippen molar-refractivity contribution >= 4 is 22.6 Å². The summed E-state index contributed by atoms with van der Waals surface area (Å²) in [4.78, 5) is 3.48. The molecule has 1 aromatic heterocycles. The Bertz CT molecular complexity index is 683. The molecule has 22 heavy (non-hydrogen) atoms. The third-order valence-corrected chi connectivity index (χ3v) is 3.35. The largest absolute Gasteiger partial charge is 0.573 e. The second kappa shape index (κ2) is 5.94. The molecule has 0 atom stereocenters. The summed E-state index contributed by atoms with van der Waals surface area (Å²) in [7, 11) is 0. The van der Waals surface area contributed by atoms with E-state index in [1.54, 1.807) is 22.6 Å². The quantitative estimate of drug-likeness (QED) is 0.476. The molecule has 0 fully saturated rings. The molecule has 0 saturated heterocycles. The molecule has 0 aliphatic heterocycles. The molecule has 118 valence electrons. The Labute approximate surface area is 134 Å². The van der Waals surface area contributed by atoms with E-state index in [-0.39, 0.29) is 11.3 Å². The van der Waals surface area contributed by atoms with Gasteiger partial charge in [0.25, 0.3) is 0 Å². The van der Waals surface area contributed by atoms with Crippen molar-refractivity contribution in [2.75, 3.05) is 0 Å². The molecule has 0 aliphatic carbocycles. The summed E-state index contributed by atoms with van der Waals surface area (Å²) in [6, 6.07) is 6.64. The van der Waals surface area contributed by atoms with Crippen molar-refractivity contribution in [3.63, 3.8) is 0 Å². The van der Waals surface area contributed by atoms with Crippen molar-refractivity contribution in [1.82, 2.24) is 4.98 Å². The molecule has 0 N–H and O–H groups in total. The fourth-order valence-corrected chi connectivity index (χ4v) is 2.25. The monoisotopic (exact) mass is 433 g/mol. The number of benzene rings is 1. The molecule has 2 rings (SSSR count). The lowest BCUT2D eigenvalue weighted by Crippen LogP contribution is -2.17. The summed E-state index contributed by atoms with van der Waals surface area (Å²) < 4.78 is 78.7. The molecule has 0 bridgehead atoms. The molecule has 1 aromatic carbocycles. The molecule has 0 aliphatic rings. The van der Waals surface area contributed by atoms with Crippen LogP contribution >= 0.6 is 22.6 Å². The van der Waals surface area contributed by atoms with Gasteiger partial charge >= 0.3 is 12.5 Å². The van der Waals surface area contributed by atoms with Gasteiger partial charge in [-0.05, 0) is 46.9 Å². The highest BCUT2D eigenvalue weighted by molar-refractivity contribution is 14.1. The molecular formula is C13H6F6INO. The van der Waals surface area contributed by atoms with E-state index in [0.717, 1.165) is 18.2 Å². The first-order chi connectivity index (χ1) is 10.1. The minimum absolute atomic E-state index is 0.0666. The number of rotatable bonds is 2. The molecule has 2 aromatic rings. The van der Waals surface area contributed by atoms with Gasteiger partial charge in [-0.3, -0.25) is 0 Å². The number of pyridine rings is 1. The third-order valence-electron chi connectivity index (χ3n) is 2.48. The van der Waals surface area contributed by atoms with Gasteiger partial charge in [-0.25, -0.2) is 4.98 Å². The predicted octanol–water partition coefficient (Wildman–Crippen LogP) is 5.27. The van der Waals surface area contributed by atoms with E-state index in [1.165, 1.54) is 18.2 Å². The summed E-state index contributed by atoms with van der Waals surface area (Å²) >= 11 is 1.76. The number of hydrogen-bond acceptors (Lipinski definition) is 2. The third kappa shape index (κ3) is 4.24. The molecule has 1 heterocycles. The first kappa shape index (κ1) is 16.8. The lowest BCUT2D eigenvalue weighted by Gasteiger charge is -2.12. The highest BCUT2D eigenvalue weighted by atomic mass is 127. The van der Waals surface area contributed by atoms with Crippen LogP contribution in [0, 0.1) is 3.57 Å². The summed E-state index contributed by atoms with van der Waals surface area (Å²) in [6.45, 7) is 0. The summed E-state index contributed by atoms with van der Waals surface area (Å²) in [5, 5.41) is 0. The van der Waals surface area contributed by atoms with Crippen LogP contribution in [0.3, 0.4) is 0 Å². The summed E-state index contributed by atoms with van der Waals surface area (Å²) in [5.74, 6) is -0.528. The first-order valence-electron chi connectivity index (χ1n) is 5.66. The zero-order valence-electron chi connectivity index (χ0n) is 10.5. The number of alkyl halides is 6. The van der Waals surface area contributed by atoms with E-state index in [9.17, 15) is 26.3 Å². The van der Waals surface area contributed by atoms with Crippen LogP contribution in [0.15, 0.2) is 36.4 Å². The number of halogens is 7. The van der Waals surface area contributed by atoms with Crippen molar-refractivity contribution in [2.24, 2.45) is 0 Å². The van der Waals surface area contributed by atoms with Crippen LogP contribution < -0.4 is 4.74 Å². The van der Waals surface area contributed by atoms with E-state index in [2.05, 4.69) is 9.72 Å². The lowest BCUT2D eigenvalue weighted by atomic mass is 10.1. The van der Waals surface area contributed by atoms with Gasteiger partial charge in [-0.15, -0.1) is 13.2 Å². The van der Waals surface area contributed by atoms with E-state index in [0.29, 0.717) is 3.57 Å². The van der Waals surface area contributed by atoms with Gasteiger partial charge in [0.15, 0.2) is 0 Å². The van der Waals surface area contributed by atoms with E-state index < -0.39 is 24.0 Å². The molecule has 0 saturated carbocycles. The summed E-state index contributed by atoms with van der Waals surface area (Å²) in [5.41, 5.74) is -1.09. The van der Waals surface area contributed by atoms with Gasteiger partial charge in [0, 0.05) is 9.13 Å². The van der Waals surface area contributed by atoms with Crippen LogP contribution in [0.1, 0.15) is 5.69 Å². The fourth-order valence-electron chi connectivity index (χ4n) is 1.64. The predicted molar refractivity (Wildman–Crippen MR) is 74.1 cm³/mol. The van der Waals surface area contributed by atoms with Crippen LogP contribution in [0.25, 0.3) is 11.3 Å². The number of hydrogen-bond donors (Lipinski definition) is 0. The molecule has 0 unspecified atom stereocenters. The SMILES string of the molecule is FC(F)(F)Oc1cccc(-c2nc(C(F)(F)F)ccc2I)c1. The van der Waals surface area contributed by atoms with E-state index >= 15 is 0 Å². The standard InChI is InChI=1S/C13H6F6INO/c14-12(15,16)10-5-4-9(20)11(21-10)7-2-1-3-8(6-7)22-13(17,18)19/h1-6H. The van der Waals surface area contributed by atoms with Crippen molar-refractivity contribution in [1.29, 1.82) is 0 Å². The van der Waals surface area contributed by atoms with Crippen molar-refractivity contribution in [2.45, 2.75) is 12.5 Å². The maximum Gasteiger partial charge on any atom is 0.573 e. The first-order valence-corrected chi connectivity index (χ1v) is 6.74. The molecule has 0 amide bonds. The van der Waals surface area contributed by atoms with Crippen molar-refractivity contribution in [3.05, 3.63) is 45.7 Å². The van der Waals surface area contributed by atoms with Gasteiger partial charge in [0.05, 0.1) is 5.69 Å². The lowest BCUT2D eigenvalue weighted by molar-refractivity contribution is -0.274. The Hall–Kier alpha value is -1.52. The smallest absolute Gasteiger partial charge is 0.406 e. The molecule has 0 radical (unpaired) electrons. The normalized spacial score (nSPS) is 12.3. The van der Waals surface area contributed by atoms with Crippen molar-refractivity contribution in [3.8, 4) is 17.0 Å². The maximum atomic E-state index is 12.7. The van der Waals surface area contributed by atoms with Crippen molar-refractivity contribution < 1.29 is 31.1 Å². The van der Waals surface area contributed by atoms with Crippen LogP contribution in [0.4, 0.5) is 26.3 Å². The van der Waals surface area contributed by atoms with Gasteiger partial charge in [0.2, 0.25) is 0 Å². The van der Waals surface area contributed by atoms with Gasteiger partial charge in [-0.2, -0.15) is 13.2 Å². The topological polar surface area (TPSA) is 22.1 Å². The Morgan fingerprint density at radius 2 is 1.64 bits per heavy atom. The maximum absolute atomic E-state index is 12.7. The second-order valence-electron chi connectivity index (χ2n) is 4.10. The Morgan fingerprint density at radius 3 is 2.23 bits per heavy atom. The van der Waals surface area contributed by atoms with Gasteiger partial charge < -0.3 is 4.74 Å². The zero-order valence-corrected chi connectivity index (χ0v) is 12.6. The fraction of sp³-hybridized carbons (Fsp3) is 0.154. The van der Waals surface area contributed by atoms with E-state index in [4.69, 9.17) is 0 Å². The van der Waals surface area contributed by atoms with Gasteiger partial charge in [-0.1, -0.05) is 12.1 Å². The molecule has 2 nitrogen and oxygen atoms in total. The minimum atomic E-state index is -4.88. The second-order valence-corrected chi connectivity index (χ2v) is 5.26.